The third kappa shape index (κ3) is 2.05. The molecule has 0 radical (unpaired) electrons. The van der Waals surface area contributed by atoms with Gasteiger partial charge in [-0.15, -0.1) is 0 Å². The average molecular weight is 154 g/mol. The van der Waals surface area contributed by atoms with Gasteiger partial charge in [-0.25, -0.2) is 0 Å². The maximum absolute atomic E-state index is 11.2. The Morgan fingerprint density at radius 3 is 2.45 bits per heavy atom. The fourth-order valence-electron chi connectivity index (χ4n) is 1.03. The number of nitrogens with zero attached hydrogens (tertiary/aromatic N) is 1. The Bertz CT molecular complexity index is 188. The molecular weight excluding hydrogens is 140 g/mol. The van der Waals surface area contributed by atoms with E-state index in [1.165, 1.54) is 0 Å². The van der Waals surface area contributed by atoms with Crippen LogP contribution in [0.3, 0.4) is 0 Å². The zero-order chi connectivity index (χ0) is 8.43. The van der Waals surface area contributed by atoms with Gasteiger partial charge in [0.05, 0.1) is 0 Å². The first-order valence-electron chi connectivity index (χ1n) is 3.79. The minimum Gasteiger partial charge on any atom is -0.336 e. The molecule has 11 heavy (non-hydrogen) atoms. The second-order valence-electron chi connectivity index (χ2n) is 3.22. The van der Waals surface area contributed by atoms with Crippen molar-refractivity contribution in [1.29, 1.82) is 0 Å². The Hall–Kier alpha value is -0.830. The molecule has 0 saturated carbocycles. The normalized spacial score (nSPS) is 17.5. The number of hydrogen-bond acceptors (Lipinski definition) is 2. The Morgan fingerprint density at radius 2 is 2.09 bits per heavy atom. The second-order valence-corrected chi connectivity index (χ2v) is 3.22. The summed E-state index contributed by atoms with van der Waals surface area (Å²) in [7, 11) is 0. The van der Waals surface area contributed by atoms with Crippen LogP contribution in [-0.4, -0.2) is 29.9 Å². The van der Waals surface area contributed by atoms with Crippen LogP contribution in [0.2, 0.25) is 0 Å². The topological polar surface area (TPSA) is 46.3 Å². The van der Waals surface area contributed by atoms with Crippen molar-refractivity contribution in [3.63, 3.8) is 0 Å². The maximum Gasteiger partial charge on any atom is 0.246 e. The van der Waals surface area contributed by atoms with Gasteiger partial charge in [0, 0.05) is 25.2 Å². The smallest absolute Gasteiger partial charge is 0.246 e. The van der Waals surface area contributed by atoms with Crippen LogP contribution in [0.25, 0.3) is 0 Å². The third-order valence-electron chi connectivity index (χ3n) is 1.63. The highest BCUT2D eigenvalue weighted by molar-refractivity contribution is 5.88. The molecule has 1 rings (SSSR count). The highest BCUT2D eigenvalue weighted by atomic mass is 16.2. The molecular formula is C8H14N2O. The van der Waals surface area contributed by atoms with Crippen molar-refractivity contribution >= 4 is 5.91 Å². The van der Waals surface area contributed by atoms with E-state index in [0.717, 1.165) is 5.57 Å². The van der Waals surface area contributed by atoms with E-state index in [1.807, 2.05) is 13.8 Å². The van der Waals surface area contributed by atoms with Crippen molar-refractivity contribution in [3.8, 4) is 0 Å². The molecule has 62 valence electrons. The number of rotatable bonds is 1. The number of carbonyl (C=O) groups excluding carboxylic acids is 1. The molecule has 0 aromatic rings. The molecule has 0 bridgehead atoms. The van der Waals surface area contributed by atoms with Gasteiger partial charge in [0.2, 0.25) is 5.91 Å². The van der Waals surface area contributed by atoms with E-state index in [0.29, 0.717) is 13.1 Å². The predicted octanol–water partition coefficient (Wildman–Crippen LogP) is 0.122. The lowest BCUT2D eigenvalue weighted by molar-refractivity contribution is -0.130. The van der Waals surface area contributed by atoms with Gasteiger partial charge in [-0.2, -0.15) is 0 Å². The van der Waals surface area contributed by atoms with Gasteiger partial charge < -0.3 is 10.6 Å². The van der Waals surface area contributed by atoms with Crippen LogP contribution in [0.1, 0.15) is 13.8 Å². The quantitative estimate of drug-likeness (QED) is 0.545. The lowest BCUT2D eigenvalue weighted by Gasteiger charge is -2.36. The van der Waals surface area contributed by atoms with Gasteiger partial charge >= 0.3 is 0 Å². The summed E-state index contributed by atoms with van der Waals surface area (Å²) in [6.45, 7) is 5.25. The first-order chi connectivity index (χ1) is 5.09. The summed E-state index contributed by atoms with van der Waals surface area (Å²) in [6.07, 6.45) is 1.64. The van der Waals surface area contributed by atoms with Crippen LogP contribution in [0.4, 0.5) is 0 Å². The highest BCUT2D eigenvalue weighted by Crippen LogP contribution is 2.06. The standard InChI is InChI=1S/C8H14N2O/c1-6(2)3-8(11)10-4-7(9)5-10/h3,7H,4-5,9H2,1-2H3. The Balaban J connectivity index is 2.39. The van der Waals surface area contributed by atoms with Crippen molar-refractivity contribution in [1.82, 2.24) is 4.90 Å². The van der Waals surface area contributed by atoms with E-state index in [-0.39, 0.29) is 11.9 Å². The summed E-state index contributed by atoms with van der Waals surface area (Å²) in [5, 5.41) is 0. The third-order valence-corrected chi connectivity index (χ3v) is 1.63. The molecule has 2 N–H and O–H groups in total. The zero-order valence-electron chi connectivity index (χ0n) is 7.00. The van der Waals surface area contributed by atoms with Crippen LogP contribution in [0.5, 0.6) is 0 Å². The number of amides is 1. The van der Waals surface area contributed by atoms with E-state index in [2.05, 4.69) is 0 Å². The molecule has 0 unspecified atom stereocenters. The fraction of sp³-hybridized carbons (Fsp3) is 0.625. The van der Waals surface area contributed by atoms with Gasteiger partial charge in [-0.3, -0.25) is 4.79 Å². The van der Waals surface area contributed by atoms with Crippen LogP contribution < -0.4 is 5.73 Å². The van der Waals surface area contributed by atoms with Gasteiger partial charge in [0.1, 0.15) is 0 Å². The molecule has 0 spiro atoms. The van der Waals surface area contributed by atoms with Crippen LogP contribution >= 0.6 is 0 Å². The monoisotopic (exact) mass is 154 g/mol. The molecule has 1 aliphatic heterocycles. The molecule has 1 aliphatic rings. The van der Waals surface area contributed by atoms with E-state index < -0.39 is 0 Å². The molecule has 1 fully saturated rings. The lowest BCUT2D eigenvalue weighted by Crippen LogP contribution is -2.57. The summed E-state index contributed by atoms with van der Waals surface area (Å²) in [4.78, 5) is 12.9. The number of carbonyl (C=O) groups is 1. The fourth-order valence-corrected chi connectivity index (χ4v) is 1.03. The zero-order valence-corrected chi connectivity index (χ0v) is 7.00. The molecule has 0 atom stereocenters. The maximum atomic E-state index is 11.2. The predicted molar refractivity (Wildman–Crippen MR) is 44.0 cm³/mol. The van der Waals surface area contributed by atoms with Crippen molar-refractivity contribution in [3.05, 3.63) is 11.6 Å². The Morgan fingerprint density at radius 1 is 1.55 bits per heavy atom. The SMILES string of the molecule is CC(C)=CC(=O)N1CC(N)C1. The summed E-state index contributed by atoms with van der Waals surface area (Å²) < 4.78 is 0. The second kappa shape index (κ2) is 3.05. The average Bonchev–Trinajstić information content (AvgIpc) is 1.79. The van der Waals surface area contributed by atoms with Crippen LogP contribution in [-0.2, 0) is 4.79 Å². The van der Waals surface area contributed by atoms with E-state index >= 15 is 0 Å². The van der Waals surface area contributed by atoms with Crippen molar-refractivity contribution < 1.29 is 4.79 Å². The van der Waals surface area contributed by atoms with E-state index in [9.17, 15) is 4.79 Å². The molecule has 1 saturated heterocycles. The van der Waals surface area contributed by atoms with E-state index in [4.69, 9.17) is 5.73 Å². The molecule has 1 amide bonds. The van der Waals surface area contributed by atoms with Gasteiger partial charge in [0.15, 0.2) is 0 Å². The van der Waals surface area contributed by atoms with Crippen LogP contribution in [0.15, 0.2) is 11.6 Å². The molecule has 1 heterocycles. The summed E-state index contributed by atoms with van der Waals surface area (Å²) >= 11 is 0. The molecule has 0 aromatic heterocycles. The highest BCUT2D eigenvalue weighted by Gasteiger charge is 2.25. The van der Waals surface area contributed by atoms with Crippen molar-refractivity contribution in [2.45, 2.75) is 19.9 Å². The Labute approximate surface area is 66.9 Å². The number of likely N-dealkylation sites (tertiary alicyclic amines) is 1. The summed E-state index contributed by atoms with van der Waals surface area (Å²) in [5.41, 5.74) is 6.56. The van der Waals surface area contributed by atoms with E-state index in [1.54, 1.807) is 11.0 Å². The van der Waals surface area contributed by atoms with Gasteiger partial charge in [-0.1, -0.05) is 5.57 Å². The van der Waals surface area contributed by atoms with Crippen LogP contribution in [0, 0.1) is 0 Å². The van der Waals surface area contributed by atoms with Crippen molar-refractivity contribution in [2.75, 3.05) is 13.1 Å². The summed E-state index contributed by atoms with van der Waals surface area (Å²) in [5.74, 6) is 0.0895. The molecule has 3 nitrogen and oxygen atoms in total. The largest absolute Gasteiger partial charge is 0.336 e. The number of nitrogens with two attached hydrogens (primary N) is 1. The number of allylic oxidation sites excluding steroid dienone is 1. The Kier molecular flexibility index (Phi) is 2.29. The van der Waals surface area contributed by atoms with Crippen molar-refractivity contribution in [2.24, 2.45) is 5.73 Å². The molecule has 0 aliphatic carbocycles. The van der Waals surface area contributed by atoms with Gasteiger partial charge in [0.25, 0.3) is 0 Å². The minimum atomic E-state index is 0.0895. The van der Waals surface area contributed by atoms with Gasteiger partial charge in [-0.05, 0) is 13.8 Å². The lowest BCUT2D eigenvalue weighted by atomic mass is 10.1. The number of hydrogen-bond donors (Lipinski definition) is 1. The summed E-state index contributed by atoms with van der Waals surface area (Å²) in [6, 6.07) is 0.199. The first-order valence-corrected chi connectivity index (χ1v) is 3.79. The first kappa shape index (κ1) is 8.27. The molecule has 3 heteroatoms. The molecule has 0 aromatic carbocycles. The minimum absolute atomic E-state index is 0.0895.